The van der Waals surface area contributed by atoms with Gasteiger partial charge in [-0.25, -0.2) is 9.78 Å². The number of fused-ring (bicyclic) bond motifs is 1. The van der Waals surface area contributed by atoms with E-state index in [0.717, 1.165) is 21.8 Å². The van der Waals surface area contributed by atoms with E-state index in [9.17, 15) is 4.79 Å². The maximum atomic E-state index is 12.7. The second-order valence-electron chi connectivity index (χ2n) is 7.16. The SMILES string of the molecule is O=c1oc2ccccc2cc1-c1cn(-c2ccc(Cl)cc2)c(SCc2ccc(Cl)cc2)n1. The molecule has 0 aliphatic carbocycles. The van der Waals surface area contributed by atoms with E-state index in [1.165, 1.54) is 0 Å². The quantitative estimate of drug-likeness (QED) is 0.197. The van der Waals surface area contributed by atoms with Gasteiger partial charge in [0.2, 0.25) is 0 Å². The van der Waals surface area contributed by atoms with Crippen LogP contribution in [-0.4, -0.2) is 9.55 Å². The Hall–Kier alpha value is -2.99. The lowest BCUT2D eigenvalue weighted by Crippen LogP contribution is -2.02. The van der Waals surface area contributed by atoms with Gasteiger partial charge in [0.15, 0.2) is 5.16 Å². The van der Waals surface area contributed by atoms with Crippen molar-refractivity contribution < 1.29 is 4.42 Å². The van der Waals surface area contributed by atoms with Crippen molar-refractivity contribution in [3.8, 4) is 16.9 Å². The minimum absolute atomic E-state index is 0.418. The lowest BCUT2D eigenvalue weighted by Gasteiger charge is -2.07. The van der Waals surface area contributed by atoms with Crippen molar-refractivity contribution in [1.29, 1.82) is 0 Å². The minimum atomic E-state index is -0.418. The van der Waals surface area contributed by atoms with Crippen molar-refractivity contribution in [2.45, 2.75) is 10.9 Å². The zero-order chi connectivity index (χ0) is 22.1. The fourth-order valence-electron chi connectivity index (χ4n) is 3.35. The molecule has 0 fully saturated rings. The van der Waals surface area contributed by atoms with Gasteiger partial charge in [0, 0.05) is 33.1 Å². The predicted octanol–water partition coefficient (Wildman–Crippen LogP) is 7.24. The van der Waals surface area contributed by atoms with Crippen LogP contribution in [0, 0.1) is 0 Å². The number of hydrogen-bond acceptors (Lipinski definition) is 4. The van der Waals surface area contributed by atoms with E-state index in [4.69, 9.17) is 32.6 Å². The van der Waals surface area contributed by atoms with Crippen molar-refractivity contribution in [1.82, 2.24) is 9.55 Å². The largest absolute Gasteiger partial charge is 0.422 e. The van der Waals surface area contributed by atoms with Gasteiger partial charge in [0.05, 0.1) is 11.3 Å². The Morgan fingerprint density at radius 2 is 1.59 bits per heavy atom. The van der Waals surface area contributed by atoms with Gasteiger partial charge in [-0.3, -0.25) is 4.57 Å². The molecule has 158 valence electrons. The first-order valence-electron chi connectivity index (χ1n) is 9.83. The van der Waals surface area contributed by atoms with Gasteiger partial charge >= 0.3 is 5.63 Å². The number of nitrogens with zero attached hydrogens (tertiary/aromatic N) is 2. The molecule has 0 aliphatic heterocycles. The summed E-state index contributed by atoms with van der Waals surface area (Å²) in [6.45, 7) is 0. The summed E-state index contributed by atoms with van der Waals surface area (Å²) < 4.78 is 7.48. The van der Waals surface area contributed by atoms with Crippen LogP contribution in [0.3, 0.4) is 0 Å². The van der Waals surface area contributed by atoms with E-state index in [1.807, 2.05) is 83.6 Å². The Morgan fingerprint density at radius 3 is 2.34 bits per heavy atom. The molecule has 7 heteroatoms. The molecule has 3 aromatic carbocycles. The van der Waals surface area contributed by atoms with Crippen LogP contribution in [0.25, 0.3) is 27.9 Å². The van der Waals surface area contributed by atoms with Gasteiger partial charge in [-0.1, -0.05) is 65.3 Å². The molecule has 0 amide bonds. The standard InChI is InChI=1S/C25H16Cl2N2O2S/c26-18-7-5-16(6-8-18)15-32-25-28-22(14-29(25)20-11-9-19(27)10-12-20)21-13-17-3-1-2-4-23(17)31-24(21)30/h1-14H,15H2. The molecule has 32 heavy (non-hydrogen) atoms. The van der Waals surface area contributed by atoms with E-state index >= 15 is 0 Å². The third kappa shape index (κ3) is 4.32. The highest BCUT2D eigenvalue weighted by Crippen LogP contribution is 2.30. The maximum Gasteiger partial charge on any atom is 0.345 e. The molecule has 0 atom stereocenters. The third-order valence-corrected chi connectivity index (χ3v) is 6.50. The molecular weight excluding hydrogens is 463 g/mol. The molecule has 0 saturated carbocycles. The van der Waals surface area contributed by atoms with Gasteiger partial charge in [0.25, 0.3) is 0 Å². The van der Waals surface area contributed by atoms with Gasteiger partial charge in [-0.05, 0) is 54.1 Å². The van der Waals surface area contributed by atoms with Gasteiger partial charge in [0.1, 0.15) is 5.58 Å². The topological polar surface area (TPSA) is 48.0 Å². The van der Waals surface area contributed by atoms with Crippen LogP contribution in [0.15, 0.2) is 99.4 Å². The number of hydrogen-bond donors (Lipinski definition) is 0. The maximum absolute atomic E-state index is 12.7. The van der Waals surface area contributed by atoms with Crippen molar-refractivity contribution in [3.63, 3.8) is 0 Å². The second kappa shape index (κ2) is 8.87. The summed E-state index contributed by atoms with van der Waals surface area (Å²) in [6.07, 6.45) is 1.86. The molecule has 4 nitrogen and oxygen atoms in total. The molecule has 0 spiro atoms. The molecule has 5 rings (SSSR count). The molecule has 0 radical (unpaired) electrons. The number of aromatic nitrogens is 2. The summed E-state index contributed by atoms with van der Waals surface area (Å²) in [6, 6.07) is 24.5. The summed E-state index contributed by atoms with van der Waals surface area (Å²) in [7, 11) is 0. The van der Waals surface area contributed by atoms with E-state index in [-0.39, 0.29) is 0 Å². The minimum Gasteiger partial charge on any atom is -0.422 e. The Labute approximate surface area is 198 Å². The number of imidazole rings is 1. The highest BCUT2D eigenvalue weighted by molar-refractivity contribution is 7.98. The van der Waals surface area contributed by atoms with Crippen molar-refractivity contribution in [2.75, 3.05) is 0 Å². The molecule has 0 saturated heterocycles. The summed E-state index contributed by atoms with van der Waals surface area (Å²) in [4.78, 5) is 17.5. The Bertz CT molecular complexity index is 1460. The fourth-order valence-corrected chi connectivity index (χ4v) is 4.55. The monoisotopic (exact) mass is 478 g/mol. The molecule has 0 bridgehead atoms. The second-order valence-corrected chi connectivity index (χ2v) is 8.97. The normalized spacial score (nSPS) is 11.2. The lowest BCUT2D eigenvalue weighted by atomic mass is 10.1. The average molecular weight is 479 g/mol. The molecule has 0 unspecified atom stereocenters. The smallest absolute Gasteiger partial charge is 0.345 e. The highest BCUT2D eigenvalue weighted by Gasteiger charge is 2.16. The summed E-state index contributed by atoms with van der Waals surface area (Å²) in [5.74, 6) is 0.702. The van der Waals surface area contributed by atoms with Gasteiger partial charge in [-0.15, -0.1) is 0 Å². The van der Waals surface area contributed by atoms with Crippen molar-refractivity contribution in [2.24, 2.45) is 0 Å². The van der Waals surface area contributed by atoms with Crippen LogP contribution in [0.2, 0.25) is 10.0 Å². The molecule has 5 aromatic rings. The van der Waals surface area contributed by atoms with Crippen molar-refractivity contribution >= 4 is 45.9 Å². The van der Waals surface area contributed by atoms with E-state index in [2.05, 4.69) is 0 Å². The predicted molar refractivity (Wildman–Crippen MR) is 131 cm³/mol. The number of benzene rings is 3. The van der Waals surface area contributed by atoms with Crippen LogP contribution < -0.4 is 5.63 Å². The molecule has 0 N–H and O–H groups in total. The summed E-state index contributed by atoms with van der Waals surface area (Å²) >= 11 is 13.7. The summed E-state index contributed by atoms with van der Waals surface area (Å²) in [5, 5.41) is 2.95. The van der Waals surface area contributed by atoms with Gasteiger partial charge < -0.3 is 4.42 Å². The number of thioether (sulfide) groups is 1. The van der Waals surface area contributed by atoms with E-state index in [1.54, 1.807) is 17.8 Å². The molecule has 2 heterocycles. The zero-order valence-electron chi connectivity index (χ0n) is 16.7. The first-order valence-corrected chi connectivity index (χ1v) is 11.6. The average Bonchev–Trinajstić information content (AvgIpc) is 3.22. The first kappa shape index (κ1) is 20.9. The van der Waals surface area contributed by atoms with Gasteiger partial charge in [-0.2, -0.15) is 0 Å². The molecule has 0 aliphatic rings. The number of rotatable bonds is 5. The Balaban J connectivity index is 1.57. The first-order chi connectivity index (χ1) is 15.6. The van der Waals surface area contributed by atoms with Crippen LogP contribution >= 0.6 is 35.0 Å². The Morgan fingerprint density at radius 1 is 0.906 bits per heavy atom. The zero-order valence-corrected chi connectivity index (χ0v) is 19.0. The molecule has 2 aromatic heterocycles. The Kier molecular flexibility index (Phi) is 5.79. The van der Waals surface area contributed by atoms with Crippen molar-refractivity contribution in [3.05, 3.63) is 111 Å². The van der Waals surface area contributed by atoms with E-state index < -0.39 is 5.63 Å². The van der Waals surface area contributed by atoms with Crippen LogP contribution in [0.5, 0.6) is 0 Å². The molecular formula is C25H16Cl2N2O2S. The van der Waals surface area contributed by atoms with Crippen LogP contribution in [0.4, 0.5) is 0 Å². The lowest BCUT2D eigenvalue weighted by molar-refractivity contribution is 0.563. The fraction of sp³-hybridized carbons (Fsp3) is 0.0400. The van der Waals surface area contributed by atoms with Crippen LogP contribution in [-0.2, 0) is 5.75 Å². The third-order valence-electron chi connectivity index (χ3n) is 4.98. The van der Waals surface area contributed by atoms with Crippen LogP contribution in [0.1, 0.15) is 5.56 Å². The van der Waals surface area contributed by atoms with E-state index in [0.29, 0.717) is 32.6 Å². The highest BCUT2D eigenvalue weighted by atomic mass is 35.5. The number of para-hydroxylation sites is 1. The number of halogens is 2. The summed E-state index contributed by atoms with van der Waals surface area (Å²) in [5.41, 5.74) is 3.13.